The monoisotopic (exact) mass is 502 g/mol. The number of alkyl carbamates (subject to hydrolysis) is 1. The summed E-state index contributed by atoms with van der Waals surface area (Å²) < 4.78 is 5.30. The molecule has 200 valence electrons. The minimum Gasteiger partial charge on any atom is -0.444 e. The summed E-state index contributed by atoms with van der Waals surface area (Å²) in [5.41, 5.74) is 0.329. The topological polar surface area (TPSA) is 117 Å². The van der Waals surface area contributed by atoms with Gasteiger partial charge < -0.3 is 25.6 Å². The molecule has 0 aliphatic carbocycles. The fraction of sp³-hybridized carbons (Fsp3) is 0.630. The number of benzene rings is 1. The quantitative estimate of drug-likeness (QED) is 0.505. The minimum absolute atomic E-state index is 0.122. The summed E-state index contributed by atoms with van der Waals surface area (Å²) in [5, 5.41) is 8.43. The Hall–Kier alpha value is -3.10. The first-order chi connectivity index (χ1) is 16.8. The molecular formula is C27H42N4O5. The van der Waals surface area contributed by atoms with Crippen molar-refractivity contribution in [1.82, 2.24) is 20.9 Å². The van der Waals surface area contributed by atoms with E-state index < -0.39 is 23.8 Å². The van der Waals surface area contributed by atoms with Gasteiger partial charge in [-0.15, -0.1) is 0 Å². The number of nitrogens with zero attached hydrogens (tertiary/aromatic N) is 1. The van der Waals surface area contributed by atoms with Crippen LogP contribution in [0.4, 0.5) is 4.79 Å². The summed E-state index contributed by atoms with van der Waals surface area (Å²) in [6.07, 6.45) is 0.352. The Bertz CT molecular complexity index is 904. The number of nitrogens with one attached hydrogen (secondary N) is 3. The maximum Gasteiger partial charge on any atom is 0.408 e. The van der Waals surface area contributed by atoms with Crippen LogP contribution >= 0.6 is 0 Å². The first kappa shape index (κ1) is 29.1. The Morgan fingerprint density at radius 3 is 2.03 bits per heavy atom. The number of hydrogen-bond acceptors (Lipinski definition) is 5. The fourth-order valence-corrected chi connectivity index (χ4v) is 4.07. The molecule has 9 nitrogen and oxygen atoms in total. The van der Waals surface area contributed by atoms with Crippen LogP contribution in [0.2, 0.25) is 0 Å². The first-order valence-electron chi connectivity index (χ1n) is 12.7. The molecule has 0 bridgehead atoms. The second-order valence-electron chi connectivity index (χ2n) is 10.8. The van der Waals surface area contributed by atoms with Gasteiger partial charge in [0.05, 0.1) is 6.04 Å². The van der Waals surface area contributed by atoms with Gasteiger partial charge in [-0.25, -0.2) is 4.79 Å². The van der Waals surface area contributed by atoms with Gasteiger partial charge in [0, 0.05) is 19.0 Å². The first-order valence-corrected chi connectivity index (χ1v) is 12.7. The molecule has 0 aromatic heterocycles. The number of rotatable bonds is 8. The molecule has 2 rings (SSSR count). The zero-order valence-corrected chi connectivity index (χ0v) is 22.6. The largest absolute Gasteiger partial charge is 0.444 e. The number of piperidine rings is 1. The van der Waals surface area contributed by atoms with Gasteiger partial charge in [0.15, 0.2) is 0 Å². The van der Waals surface area contributed by atoms with Crippen LogP contribution < -0.4 is 16.0 Å². The highest BCUT2D eigenvalue weighted by molar-refractivity contribution is 5.89. The van der Waals surface area contributed by atoms with Crippen molar-refractivity contribution in [3.05, 3.63) is 35.9 Å². The van der Waals surface area contributed by atoms with E-state index in [9.17, 15) is 19.2 Å². The van der Waals surface area contributed by atoms with E-state index >= 15 is 0 Å². The summed E-state index contributed by atoms with van der Waals surface area (Å²) in [5.74, 6) is -1.03. The van der Waals surface area contributed by atoms with Crippen molar-refractivity contribution in [1.29, 1.82) is 0 Å². The third-order valence-electron chi connectivity index (χ3n) is 6.19. The minimum atomic E-state index is -0.708. The summed E-state index contributed by atoms with van der Waals surface area (Å²) in [4.78, 5) is 52.4. The molecule has 1 heterocycles. The molecule has 1 aliphatic heterocycles. The highest BCUT2D eigenvalue weighted by atomic mass is 16.6. The zero-order valence-electron chi connectivity index (χ0n) is 22.6. The van der Waals surface area contributed by atoms with E-state index in [1.807, 2.05) is 51.1 Å². The highest BCUT2D eigenvalue weighted by Gasteiger charge is 2.34. The van der Waals surface area contributed by atoms with Gasteiger partial charge in [-0.3, -0.25) is 14.4 Å². The van der Waals surface area contributed by atoms with Crippen molar-refractivity contribution in [2.45, 2.75) is 85.0 Å². The van der Waals surface area contributed by atoms with E-state index in [0.29, 0.717) is 25.9 Å². The zero-order chi connectivity index (χ0) is 27.0. The lowest BCUT2D eigenvalue weighted by Crippen LogP contribution is -2.54. The van der Waals surface area contributed by atoms with Gasteiger partial charge in [0.2, 0.25) is 17.7 Å². The molecule has 9 heteroatoms. The predicted molar refractivity (Wildman–Crippen MR) is 138 cm³/mol. The predicted octanol–water partition coefficient (Wildman–Crippen LogP) is 3.16. The molecule has 4 amide bonds. The van der Waals surface area contributed by atoms with Gasteiger partial charge in [-0.05, 0) is 58.9 Å². The van der Waals surface area contributed by atoms with Gasteiger partial charge in [0.25, 0.3) is 0 Å². The maximum atomic E-state index is 13.1. The van der Waals surface area contributed by atoms with E-state index in [1.165, 1.54) is 0 Å². The van der Waals surface area contributed by atoms with E-state index in [1.54, 1.807) is 32.6 Å². The molecule has 36 heavy (non-hydrogen) atoms. The van der Waals surface area contributed by atoms with E-state index in [4.69, 9.17) is 4.74 Å². The van der Waals surface area contributed by atoms with Crippen LogP contribution in [0.3, 0.4) is 0 Å². The molecule has 1 fully saturated rings. The lowest BCUT2D eigenvalue weighted by Gasteiger charge is -2.35. The van der Waals surface area contributed by atoms with Crippen LogP contribution in [0.1, 0.15) is 72.9 Å². The standard InChI is InChI=1S/C27H42N4O5/c1-17(2)22(30-26(35)36-27(5,6)7)25(34)31-15-13-21(14-16-31)24(33)29-19(4)23(32)28-18(3)20-11-9-8-10-12-20/h8-12,17-19,21-22H,13-16H2,1-7H3,(H,28,32)(H,29,33)(H,30,35)/t18-,19-,22-/m0/s1. The fourth-order valence-electron chi connectivity index (χ4n) is 4.07. The van der Waals surface area contributed by atoms with Crippen molar-refractivity contribution >= 4 is 23.8 Å². The van der Waals surface area contributed by atoms with Crippen molar-refractivity contribution < 1.29 is 23.9 Å². The van der Waals surface area contributed by atoms with Crippen molar-refractivity contribution in [2.24, 2.45) is 11.8 Å². The second kappa shape index (κ2) is 12.7. The molecular weight excluding hydrogens is 460 g/mol. The number of carbonyl (C=O) groups is 4. The summed E-state index contributed by atoms with van der Waals surface area (Å²) in [6, 6.07) is 8.07. The lowest BCUT2D eigenvalue weighted by atomic mass is 9.94. The molecule has 1 saturated heterocycles. The Morgan fingerprint density at radius 2 is 1.50 bits per heavy atom. The summed E-state index contributed by atoms with van der Waals surface area (Å²) in [6.45, 7) is 13.4. The molecule has 1 aromatic rings. The summed E-state index contributed by atoms with van der Waals surface area (Å²) >= 11 is 0. The molecule has 0 spiro atoms. The van der Waals surface area contributed by atoms with Crippen molar-refractivity contribution in [3.8, 4) is 0 Å². The van der Waals surface area contributed by atoms with Crippen LogP contribution in [-0.2, 0) is 19.1 Å². The molecule has 0 unspecified atom stereocenters. The number of ether oxygens (including phenoxy) is 1. The number of likely N-dealkylation sites (tertiary alicyclic amines) is 1. The Morgan fingerprint density at radius 1 is 0.917 bits per heavy atom. The van der Waals surface area contributed by atoms with E-state index in [-0.39, 0.29) is 35.6 Å². The van der Waals surface area contributed by atoms with Gasteiger partial charge >= 0.3 is 6.09 Å². The number of hydrogen-bond donors (Lipinski definition) is 3. The highest BCUT2D eigenvalue weighted by Crippen LogP contribution is 2.20. The van der Waals surface area contributed by atoms with Gasteiger partial charge in [-0.2, -0.15) is 0 Å². The van der Waals surface area contributed by atoms with Crippen LogP contribution in [0.25, 0.3) is 0 Å². The Kier molecular flexibility index (Phi) is 10.3. The van der Waals surface area contributed by atoms with Crippen LogP contribution in [-0.4, -0.2) is 59.5 Å². The van der Waals surface area contributed by atoms with E-state index in [2.05, 4.69) is 16.0 Å². The van der Waals surface area contributed by atoms with Crippen LogP contribution in [0.5, 0.6) is 0 Å². The third-order valence-corrected chi connectivity index (χ3v) is 6.19. The molecule has 3 atom stereocenters. The van der Waals surface area contributed by atoms with E-state index in [0.717, 1.165) is 5.56 Å². The molecule has 1 aliphatic rings. The lowest BCUT2D eigenvalue weighted by molar-refractivity contribution is -0.138. The van der Waals surface area contributed by atoms with Crippen LogP contribution in [0, 0.1) is 11.8 Å². The normalized spacial score (nSPS) is 17.1. The Balaban J connectivity index is 1.85. The number of amides is 4. The molecule has 0 radical (unpaired) electrons. The van der Waals surface area contributed by atoms with Crippen LogP contribution in [0.15, 0.2) is 30.3 Å². The molecule has 0 saturated carbocycles. The average Bonchev–Trinajstić information content (AvgIpc) is 2.81. The smallest absolute Gasteiger partial charge is 0.408 e. The number of carbonyl (C=O) groups excluding carboxylic acids is 4. The second-order valence-corrected chi connectivity index (χ2v) is 10.8. The SMILES string of the molecule is CC(C)[C@H](NC(=O)OC(C)(C)C)C(=O)N1CCC(C(=O)N[C@@H](C)C(=O)N[C@@H](C)c2ccccc2)CC1. The average molecular weight is 503 g/mol. The third kappa shape index (κ3) is 8.84. The molecule has 1 aromatic carbocycles. The van der Waals surface area contributed by atoms with Gasteiger partial charge in [0.1, 0.15) is 17.7 Å². The van der Waals surface area contributed by atoms with Crippen molar-refractivity contribution in [2.75, 3.05) is 13.1 Å². The Labute approximate surface area is 214 Å². The maximum absolute atomic E-state index is 13.1. The van der Waals surface area contributed by atoms with Gasteiger partial charge in [-0.1, -0.05) is 44.2 Å². The summed E-state index contributed by atoms with van der Waals surface area (Å²) in [7, 11) is 0. The molecule has 3 N–H and O–H groups in total. The van der Waals surface area contributed by atoms with Crippen molar-refractivity contribution in [3.63, 3.8) is 0 Å².